The molecule has 1 fully saturated rings. The number of nitrogens with zero attached hydrogens (tertiary/aromatic N) is 1. The number of hydrogen-bond acceptors (Lipinski definition) is 3. The highest BCUT2D eigenvalue weighted by molar-refractivity contribution is 5.41. The Kier molecular flexibility index (Phi) is 4.43. The lowest BCUT2D eigenvalue weighted by molar-refractivity contribution is 0.259. The van der Waals surface area contributed by atoms with Crippen LogP contribution in [-0.2, 0) is 12.8 Å². The van der Waals surface area contributed by atoms with E-state index in [9.17, 15) is 0 Å². The Bertz CT molecular complexity index is 757. The van der Waals surface area contributed by atoms with Crippen molar-refractivity contribution >= 4 is 0 Å². The molecule has 1 saturated heterocycles. The molecule has 132 valence electrons. The van der Waals surface area contributed by atoms with Gasteiger partial charge in [0.25, 0.3) is 0 Å². The molecule has 0 aromatic heterocycles. The van der Waals surface area contributed by atoms with Crippen LogP contribution in [0.2, 0.25) is 0 Å². The SMILES string of the molecule is COc1cccc(CC2C3CCc4cc(OC)ccc4C3CN2C)c1. The predicted molar refractivity (Wildman–Crippen MR) is 101 cm³/mol. The number of likely N-dealkylation sites (tertiary alicyclic amines) is 1. The Morgan fingerprint density at radius 1 is 1.04 bits per heavy atom. The van der Waals surface area contributed by atoms with Gasteiger partial charge in [-0.1, -0.05) is 18.2 Å². The minimum absolute atomic E-state index is 0.604. The average Bonchev–Trinajstić information content (AvgIpc) is 2.97. The van der Waals surface area contributed by atoms with Gasteiger partial charge >= 0.3 is 0 Å². The van der Waals surface area contributed by atoms with Gasteiger partial charge in [0.05, 0.1) is 14.2 Å². The molecule has 4 rings (SSSR count). The molecule has 1 aliphatic heterocycles. The fourth-order valence-corrected chi connectivity index (χ4v) is 4.86. The second kappa shape index (κ2) is 6.72. The standard InChI is InChI=1S/C22H27NO2/c1-23-14-21-19-10-8-18(25-3)13-16(19)7-9-20(21)22(23)12-15-5-4-6-17(11-15)24-2/h4-6,8,10-11,13,20-22H,7,9,12,14H2,1-3H3. The van der Waals surface area contributed by atoms with E-state index in [0.29, 0.717) is 12.0 Å². The number of likely N-dealkylation sites (N-methyl/N-ethyl adjacent to an activating group) is 1. The van der Waals surface area contributed by atoms with Crippen molar-refractivity contribution in [3.8, 4) is 11.5 Å². The molecule has 3 nitrogen and oxygen atoms in total. The number of ether oxygens (including phenoxy) is 2. The Morgan fingerprint density at radius 2 is 1.84 bits per heavy atom. The maximum atomic E-state index is 5.41. The molecule has 0 N–H and O–H groups in total. The first-order valence-corrected chi connectivity index (χ1v) is 9.19. The normalized spacial score (nSPS) is 25.3. The van der Waals surface area contributed by atoms with Crippen molar-refractivity contribution in [3.63, 3.8) is 0 Å². The molecule has 0 bridgehead atoms. The van der Waals surface area contributed by atoms with Crippen LogP contribution in [0.3, 0.4) is 0 Å². The average molecular weight is 337 g/mol. The first kappa shape index (κ1) is 16.5. The Balaban J connectivity index is 1.58. The van der Waals surface area contributed by atoms with E-state index >= 15 is 0 Å². The summed E-state index contributed by atoms with van der Waals surface area (Å²) in [5.41, 5.74) is 4.39. The zero-order chi connectivity index (χ0) is 17.4. The Labute approximate surface area is 150 Å². The van der Waals surface area contributed by atoms with Gasteiger partial charge in [0.2, 0.25) is 0 Å². The van der Waals surface area contributed by atoms with Gasteiger partial charge in [-0.15, -0.1) is 0 Å². The number of methoxy groups -OCH3 is 2. The summed E-state index contributed by atoms with van der Waals surface area (Å²) >= 11 is 0. The number of fused-ring (bicyclic) bond motifs is 3. The molecular formula is C22H27NO2. The fourth-order valence-electron chi connectivity index (χ4n) is 4.86. The van der Waals surface area contributed by atoms with Gasteiger partial charge in [0, 0.05) is 18.5 Å². The lowest BCUT2D eigenvalue weighted by atomic mass is 9.73. The zero-order valence-corrected chi connectivity index (χ0v) is 15.4. The molecule has 0 saturated carbocycles. The van der Waals surface area contributed by atoms with Crippen LogP contribution in [0, 0.1) is 5.92 Å². The van der Waals surface area contributed by atoms with E-state index in [0.717, 1.165) is 36.8 Å². The van der Waals surface area contributed by atoms with E-state index in [4.69, 9.17) is 9.47 Å². The number of hydrogen-bond donors (Lipinski definition) is 0. The summed E-state index contributed by atoms with van der Waals surface area (Å²) in [6, 6.07) is 15.8. The summed E-state index contributed by atoms with van der Waals surface area (Å²) in [5, 5.41) is 0. The molecule has 1 aliphatic carbocycles. The van der Waals surface area contributed by atoms with E-state index in [-0.39, 0.29) is 0 Å². The van der Waals surface area contributed by atoms with Crippen molar-refractivity contribution in [2.24, 2.45) is 5.92 Å². The maximum Gasteiger partial charge on any atom is 0.119 e. The van der Waals surface area contributed by atoms with Gasteiger partial charge < -0.3 is 14.4 Å². The molecule has 0 amide bonds. The molecule has 3 unspecified atom stereocenters. The van der Waals surface area contributed by atoms with E-state index in [1.54, 1.807) is 14.2 Å². The molecule has 1 heterocycles. The van der Waals surface area contributed by atoms with Gasteiger partial charge in [0.1, 0.15) is 11.5 Å². The Morgan fingerprint density at radius 3 is 2.64 bits per heavy atom. The maximum absolute atomic E-state index is 5.41. The van der Waals surface area contributed by atoms with Crippen LogP contribution in [-0.4, -0.2) is 38.8 Å². The molecule has 2 aliphatic rings. The second-order valence-electron chi connectivity index (χ2n) is 7.44. The summed E-state index contributed by atoms with van der Waals surface area (Å²) in [6.45, 7) is 1.15. The molecule has 0 spiro atoms. The van der Waals surface area contributed by atoms with Gasteiger partial charge in [-0.05, 0) is 73.2 Å². The van der Waals surface area contributed by atoms with Gasteiger partial charge in [-0.25, -0.2) is 0 Å². The van der Waals surface area contributed by atoms with Crippen molar-refractivity contribution in [2.75, 3.05) is 27.8 Å². The quantitative estimate of drug-likeness (QED) is 0.844. The predicted octanol–water partition coefficient (Wildman–Crippen LogP) is 3.91. The fraction of sp³-hybridized carbons (Fsp3) is 0.455. The third-order valence-corrected chi connectivity index (χ3v) is 6.14. The van der Waals surface area contributed by atoms with Crippen LogP contribution in [0.25, 0.3) is 0 Å². The highest BCUT2D eigenvalue weighted by Gasteiger charge is 2.43. The van der Waals surface area contributed by atoms with Gasteiger partial charge in [-0.3, -0.25) is 0 Å². The van der Waals surface area contributed by atoms with Crippen LogP contribution in [0.4, 0.5) is 0 Å². The van der Waals surface area contributed by atoms with Crippen LogP contribution in [0.15, 0.2) is 42.5 Å². The zero-order valence-electron chi connectivity index (χ0n) is 15.4. The first-order chi connectivity index (χ1) is 12.2. The van der Waals surface area contributed by atoms with Crippen molar-refractivity contribution in [1.82, 2.24) is 4.90 Å². The lowest BCUT2D eigenvalue weighted by Crippen LogP contribution is -2.32. The summed E-state index contributed by atoms with van der Waals surface area (Å²) in [4.78, 5) is 2.56. The van der Waals surface area contributed by atoms with Crippen LogP contribution >= 0.6 is 0 Å². The van der Waals surface area contributed by atoms with Gasteiger partial charge in [-0.2, -0.15) is 0 Å². The van der Waals surface area contributed by atoms with E-state index in [2.05, 4.69) is 48.3 Å². The van der Waals surface area contributed by atoms with E-state index in [1.807, 2.05) is 6.07 Å². The third-order valence-electron chi connectivity index (χ3n) is 6.14. The van der Waals surface area contributed by atoms with Crippen molar-refractivity contribution in [2.45, 2.75) is 31.2 Å². The Hall–Kier alpha value is -2.00. The molecule has 0 radical (unpaired) electrons. The first-order valence-electron chi connectivity index (χ1n) is 9.19. The number of benzene rings is 2. The molecule has 25 heavy (non-hydrogen) atoms. The highest BCUT2D eigenvalue weighted by atomic mass is 16.5. The third kappa shape index (κ3) is 3.02. The minimum Gasteiger partial charge on any atom is -0.497 e. The smallest absolute Gasteiger partial charge is 0.119 e. The van der Waals surface area contributed by atoms with Crippen molar-refractivity contribution in [1.29, 1.82) is 0 Å². The summed E-state index contributed by atoms with van der Waals surface area (Å²) in [5.74, 6) is 3.32. The summed E-state index contributed by atoms with van der Waals surface area (Å²) in [7, 11) is 5.77. The second-order valence-corrected chi connectivity index (χ2v) is 7.44. The molecule has 2 aromatic carbocycles. The molecular weight excluding hydrogens is 310 g/mol. The van der Waals surface area contributed by atoms with Crippen LogP contribution in [0.1, 0.15) is 29.0 Å². The minimum atomic E-state index is 0.604. The summed E-state index contributed by atoms with van der Waals surface area (Å²) < 4.78 is 10.8. The van der Waals surface area contributed by atoms with E-state index < -0.39 is 0 Å². The van der Waals surface area contributed by atoms with Crippen LogP contribution < -0.4 is 9.47 Å². The number of aryl methyl sites for hydroxylation is 1. The van der Waals surface area contributed by atoms with Crippen molar-refractivity contribution < 1.29 is 9.47 Å². The topological polar surface area (TPSA) is 21.7 Å². The van der Waals surface area contributed by atoms with Crippen molar-refractivity contribution in [3.05, 3.63) is 59.2 Å². The molecule has 3 heteroatoms. The lowest BCUT2D eigenvalue weighted by Gasteiger charge is -2.31. The summed E-state index contributed by atoms with van der Waals surface area (Å²) in [6.07, 6.45) is 3.53. The van der Waals surface area contributed by atoms with E-state index in [1.165, 1.54) is 23.1 Å². The van der Waals surface area contributed by atoms with Gasteiger partial charge in [0.15, 0.2) is 0 Å². The number of rotatable bonds is 4. The van der Waals surface area contributed by atoms with Crippen LogP contribution in [0.5, 0.6) is 11.5 Å². The highest BCUT2D eigenvalue weighted by Crippen LogP contribution is 2.45. The monoisotopic (exact) mass is 337 g/mol. The molecule has 2 aromatic rings. The largest absolute Gasteiger partial charge is 0.497 e. The molecule has 3 atom stereocenters.